The highest BCUT2D eigenvalue weighted by molar-refractivity contribution is 5.75. The third-order valence-corrected chi connectivity index (χ3v) is 2.68. The van der Waals surface area contributed by atoms with Gasteiger partial charge in [-0.1, -0.05) is 6.92 Å². The Kier molecular flexibility index (Phi) is 3.69. The molecule has 0 aromatic carbocycles. The van der Waals surface area contributed by atoms with Gasteiger partial charge in [0.2, 0.25) is 5.91 Å². The Hall–Kier alpha value is -0.610. The van der Waals surface area contributed by atoms with Crippen LogP contribution in [0.4, 0.5) is 0 Å². The quantitative estimate of drug-likeness (QED) is 0.617. The second-order valence-electron chi connectivity index (χ2n) is 3.82. The van der Waals surface area contributed by atoms with Gasteiger partial charge in [0.25, 0.3) is 0 Å². The van der Waals surface area contributed by atoms with E-state index in [1.165, 1.54) is 0 Å². The summed E-state index contributed by atoms with van der Waals surface area (Å²) in [5.74, 6) is 0.665. The minimum absolute atomic E-state index is 0.105. The molecule has 0 radical (unpaired) electrons. The molecule has 1 fully saturated rings. The lowest BCUT2D eigenvalue weighted by atomic mass is 10.1. The first kappa shape index (κ1) is 10.5. The molecule has 2 unspecified atom stereocenters. The largest absolute Gasteiger partial charge is 0.359 e. The minimum Gasteiger partial charge on any atom is -0.359 e. The van der Waals surface area contributed by atoms with Crippen LogP contribution in [0.15, 0.2) is 0 Å². The zero-order chi connectivity index (χ0) is 9.84. The maximum Gasteiger partial charge on any atom is 0.221 e. The van der Waals surface area contributed by atoms with Gasteiger partial charge < -0.3 is 16.0 Å². The first-order chi connectivity index (χ1) is 6.13. The van der Waals surface area contributed by atoms with E-state index >= 15 is 0 Å². The molecule has 1 aliphatic rings. The normalized spacial score (nSPS) is 29.2. The van der Waals surface area contributed by atoms with Crippen LogP contribution in [0.25, 0.3) is 0 Å². The number of carbonyl (C=O) groups is 1. The van der Waals surface area contributed by atoms with Gasteiger partial charge in [-0.2, -0.15) is 0 Å². The lowest BCUT2D eigenvalue weighted by Crippen LogP contribution is -2.30. The Bertz CT molecular complexity index is 174. The van der Waals surface area contributed by atoms with Crippen LogP contribution in [-0.2, 0) is 4.79 Å². The second-order valence-corrected chi connectivity index (χ2v) is 3.82. The highest BCUT2D eigenvalue weighted by atomic mass is 16.1. The monoisotopic (exact) mass is 185 g/mol. The van der Waals surface area contributed by atoms with E-state index in [1.807, 2.05) is 0 Å². The number of amides is 1. The van der Waals surface area contributed by atoms with Crippen molar-refractivity contribution in [2.75, 3.05) is 26.7 Å². The van der Waals surface area contributed by atoms with E-state index in [0.29, 0.717) is 12.3 Å². The van der Waals surface area contributed by atoms with Crippen molar-refractivity contribution in [2.24, 2.45) is 11.7 Å². The SMILES string of the molecule is CNC(=O)CCN1CC(C)C(N)C1. The van der Waals surface area contributed by atoms with E-state index < -0.39 is 0 Å². The van der Waals surface area contributed by atoms with Gasteiger partial charge in [-0.15, -0.1) is 0 Å². The minimum atomic E-state index is 0.105. The molecule has 1 aliphatic heterocycles. The summed E-state index contributed by atoms with van der Waals surface area (Å²) in [6.45, 7) is 4.94. The van der Waals surface area contributed by atoms with Crippen LogP contribution >= 0.6 is 0 Å². The molecule has 0 spiro atoms. The van der Waals surface area contributed by atoms with Gasteiger partial charge in [-0.3, -0.25) is 4.79 Å². The summed E-state index contributed by atoms with van der Waals surface area (Å²) in [5, 5.41) is 2.61. The number of nitrogens with one attached hydrogen (secondary N) is 1. The summed E-state index contributed by atoms with van der Waals surface area (Å²) in [7, 11) is 1.67. The van der Waals surface area contributed by atoms with Crippen molar-refractivity contribution in [3.8, 4) is 0 Å². The van der Waals surface area contributed by atoms with E-state index in [9.17, 15) is 4.79 Å². The molecule has 0 aliphatic carbocycles. The van der Waals surface area contributed by atoms with E-state index in [0.717, 1.165) is 19.6 Å². The van der Waals surface area contributed by atoms with Gasteiger partial charge in [-0.25, -0.2) is 0 Å². The average Bonchev–Trinajstić information content (AvgIpc) is 2.42. The van der Waals surface area contributed by atoms with Crippen LogP contribution in [0.5, 0.6) is 0 Å². The Morgan fingerprint density at radius 1 is 1.62 bits per heavy atom. The third-order valence-electron chi connectivity index (χ3n) is 2.68. The van der Waals surface area contributed by atoms with Gasteiger partial charge in [0.05, 0.1) is 0 Å². The zero-order valence-corrected chi connectivity index (χ0v) is 8.42. The van der Waals surface area contributed by atoms with Crippen molar-refractivity contribution in [1.82, 2.24) is 10.2 Å². The molecule has 1 rings (SSSR count). The summed E-state index contributed by atoms with van der Waals surface area (Å²) in [4.78, 5) is 13.2. The van der Waals surface area contributed by atoms with Crippen LogP contribution in [0.2, 0.25) is 0 Å². The summed E-state index contributed by atoms with van der Waals surface area (Å²) in [6, 6.07) is 0.282. The molecular weight excluding hydrogens is 166 g/mol. The van der Waals surface area contributed by atoms with Crippen molar-refractivity contribution in [3.05, 3.63) is 0 Å². The Labute approximate surface area is 79.5 Å². The number of nitrogens with zero attached hydrogens (tertiary/aromatic N) is 1. The predicted molar refractivity (Wildman–Crippen MR) is 52.3 cm³/mol. The molecule has 13 heavy (non-hydrogen) atoms. The van der Waals surface area contributed by atoms with Crippen LogP contribution in [0.1, 0.15) is 13.3 Å². The smallest absolute Gasteiger partial charge is 0.221 e. The average molecular weight is 185 g/mol. The lowest BCUT2D eigenvalue weighted by Gasteiger charge is -2.13. The predicted octanol–water partition coefficient (Wildman–Crippen LogP) is -0.598. The van der Waals surface area contributed by atoms with Crippen LogP contribution in [0, 0.1) is 5.92 Å². The molecule has 1 saturated heterocycles. The van der Waals surface area contributed by atoms with Gasteiger partial charge in [0, 0.05) is 39.1 Å². The molecule has 76 valence electrons. The van der Waals surface area contributed by atoms with E-state index in [1.54, 1.807) is 7.05 Å². The zero-order valence-electron chi connectivity index (χ0n) is 8.42. The molecular formula is C9H19N3O. The molecule has 0 aromatic rings. The van der Waals surface area contributed by atoms with Gasteiger partial charge in [-0.05, 0) is 5.92 Å². The number of carbonyl (C=O) groups excluding carboxylic acids is 1. The highest BCUT2D eigenvalue weighted by Gasteiger charge is 2.26. The molecule has 1 amide bonds. The fourth-order valence-electron chi connectivity index (χ4n) is 1.66. The standard InChI is InChI=1S/C9H19N3O/c1-7-5-12(6-8(7)10)4-3-9(13)11-2/h7-8H,3-6,10H2,1-2H3,(H,11,13). The first-order valence-electron chi connectivity index (χ1n) is 4.82. The third kappa shape index (κ3) is 2.97. The van der Waals surface area contributed by atoms with Gasteiger partial charge >= 0.3 is 0 Å². The molecule has 0 saturated carbocycles. The van der Waals surface area contributed by atoms with Crippen LogP contribution in [0.3, 0.4) is 0 Å². The van der Waals surface area contributed by atoms with Crippen LogP contribution < -0.4 is 11.1 Å². The number of hydrogen-bond acceptors (Lipinski definition) is 3. The maximum absolute atomic E-state index is 11.0. The second kappa shape index (κ2) is 4.58. The first-order valence-corrected chi connectivity index (χ1v) is 4.82. The van der Waals surface area contributed by atoms with E-state index in [-0.39, 0.29) is 11.9 Å². The Balaban J connectivity index is 2.20. The number of likely N-dealkylation sites (tertiary alicyclic amines) is 1. The Morgan fingerprint density at radius 2 is 2.31 bits per heavy atom. The van der Waals surface area contributed by atoms with E-state index in [4.69, 9.17) is 5.73 Å². The molecule has 0 aromatic heterocycles. The summed E-state index contributed by atoms with van der Waals surface area (Å²) in [6.07, 6.45) is 0.579. The van der Waals surface area contributed by atoms with Gasteiger partial charge in [0.1, 0.15) is 0 Å². The number of nitrogens with two attached hydrogens (primary N) is 1. The molecule has 0 bridgehead atoms. The topological polar surface area (TPSA) is 58.4 Å². The summed E-state index contributed by atoms with van der Waals surface area (Å²) in [5.41, 5.74) is 5.87. The Morgan fingerprint density at radius 3 is 2.77 bits per heavy atom. The fraction of sp³-hybridized carbons (Fsp3) is 0.889. The number of rotatable bonds is 3. The van der Waals surface area contributed by atoms with Crippen molar-refractivity contribution in [2.45, 2.75) is 19.4 Å². The van der Waals surface area contributed by atoms with Crippen LogP contribution in [-0.4, -0.2) is 43.5 Å². The molecule has 4 nitrogen and oxygen atoms in total. The molecule has 4 heteroatoms. The lowest BCUT2D eigenvalue weighted by molar-refractivity contribution is -0.120. The van der Waals surface area contributed by atoms with E-state index in [2.05, 4.69) is 17.1 Å². The molecule has 2 atom stereocenters. The highest BCUT2D eigenvalue weighted by Crippen LogP contribution is 2.13. The van der Waals surface area contributed by atoms with Crippen molar-refractivity contribution >= 4 is 5.91 Å². The van der Waals surface area contributed by atoms with Crippen molar-refractivity contribution in [1.29, 1.82) is 0 Å². The molecule has 1 heterocycles. The summed E-state index contributed by atoms with van der Waals surface area (Å²) < 4.78 is 0. The maximum atomic E-state index is 11.0. The van der Waals surface area contributed by atoms with Crippen molar-refractivity contribution < 1.29 is 4.79 Å². The number of hydrogen-bond donors (Lipinski definition) is 2. The van der Waals surface area contributed by atoms with Gasteiger partial charge in [0.15, 0.2) is 0 Å². The van der Waals surface area contributed by atoms with Crippen molar-refractivity contribution in [3.63, 3.8) is 0 Å². The summed E-state index contributed by atoms with van der Waals surface area (Å²) >= 11 is 0. The molecule has 3 N–H and O–H groups in total. The fourth-order valence-corrected chi connectivity index (χ4v) is 1.66.